The van der Waals surface area contributed by atoms with Crippen molar-refractivity contribution in [1.29, 1.82) is 0 Å². The van der Waals surface area contributed by atoms with Crippen LogP contribution in [-0.2, 0) is 13.5 Å². The Morgan fingerprint density at radius 2 is 1.69 bits per heavy atom. The van der Waals surface area contributed by atoms with Crippen molar-refractivity contribution in [2.75, 3.05) is 0 Å². The molecule has 4 aromatic rings. The minimum absolute atomic E-state index is 0.0699. The molecule has 1 amide bonds. The molecular formula is C26H23F3N6O. The smallest absolute Gasteiger partial charge is 0.294 e. The molecule has 10 heteroatoms. The van der Waals surface area contributed by atoms with Crippen LogP contribution < -0.4 is 0 Å². The van der Waals surface area contributed by atoms with E-state index in [9.17, 15) is 18.0 Å². The summed E-state index contributed by atoms with van der Waals surface area (Å²) < 4.78 is 44.5. The summed E-state index contributed by atoms with van der Waals surface area (Å²) in [5.74, 6) is -1.36. The Balaban J connectivity index is 1.38. The zero-order valence-corrected chi connectivity index (χ0v) is 19.8. The van der Waals surface area contributed by atoms with Crippen LogP contribution in [0.1, 0.15) is 53.0 Å². The van der Waals surface area contributed by atoms with E-state index < -0.39 is 11.6 Å². The predicted molar refractivity (Wildman–Crippen MR) is 125 cm³/mol. The highest BCUT2D eigenvalue weighted by Crippen LogP contribution is 2.45. The maximum atomic E-state index is 14.0. The average Bonchev–Trinajstić information content (AvgIpc) is 3.37. The molecule has 1 fully saturated rings. The van der Waals surface area contributed by atoms with Crippen LogP contribution in [0.2, 0.25) is 0 Å². The molecule has 7 nitrogen and oxygen atoms in total. The highest BCUT2D eigenvalue weighted by Gasteiger charge is 2.44. The number of carbonyl (C=O) groups excluding carboxylic acids is 1. The summed E-state index contributed by atoms with van der Waals surface area (Å²) in [6.07, 6.45) is 2.98. The summed E-state index contributed by atoms with van der Waals surface area (Å²) in [7, 11) is 1.75. The van der Waals surface area contributed by atoms with E-state index in [4.69, 9.17) is 5.10 Å². The van der Waals surface area contributed by atoms with Crippen LogP contribution in [0.15, 0.2) is 42.5 Å². The zero-order valence-electron chi connectivity index (χ0n) is 19.8. The minimum Gasteiger partial charge on any atom is -0.324 e. The molecule has 0 N–H and O–H groups in total. The molecule has 2 atom stereocenters. The van der Waals surface area contributed by atoms with E-state index in [1.54, 1.807) is 30.8 Å². The fraction of sp³-hybridized carbons (Fsp3) is 0.308. The zero-order chi connectivity index (χ0) is 25.1. The second-order valence-corrected chi connectivity index (χ2v) is 9.38. The van der Waals surface area contributed by atoms with Gasteiger partial charge in [0.25, 0.3) is 5.91 Å². The first-order chi connectivity index (χ1) is 17.3. The van der Waals surface area contributed by atoms with E-state index in [-0.39, 0.29) is 29.6 Å². The molecule has 2 aliphatic rings. The average molecular weight is 493 g/mol. The Morgan fingerprint density at radius 3 is 2.42 bits per heavy atom. The Kier molecular flexibility index (Phi) is 5.20. The molecule has 2 bridgehead atoms. The molecule has 36 heavy (non-hydrogen) atoms. The monoisotopic (exact) mass is 492 g/mol. The van der Waals surface area contributed by atoms with Gasteiger partial charge in [0.2, 0.25) is 5.82 Å². The molecule has 0 saturated carbocycles. The van der Waals surface area contributed by atoms with E-state index in [1.165, 1.54) is 28.9 Å². The topological polar surface area (TPSA) is 68.8 Å². The van der Waals surface area contributed by atoms with Crippen molar-refractivity contribution in [3.8, 4) is 16.9 Å². The van der Waals surface area contributed by atoms with Crippen molar-refractivity contribution in [3.63, 3.8) is 0 Å². The Labute approximate surface area is 205 Å². The number of piperidine rings is 1. The third-order valence-corrected chi connectivity index (χ3v) is 7.08. The Hall–Kier alpha value is -3.95. The molecular weight excluding hydrogens is 469 g/mol. The highest BCUT2D eigenvalue weighted by atomic mass is 19.1. The van der Waals surface area contributed by atoms with Gasteiger partial charge in [-0.2, -0.15) is 5.10 Å². The lowest BCUT2D eigenvalue weighted by Gasteiger charge is -2.44. The molecule has 184 valence electrons. The number of hydrogen-bond donors (Lipinski definition) is 0. The lowest BCUT2D eigenvalue weighted by atomic mass is 9.81. The van der Waals surface area contributed by atoms with Gasteiger partial charge in [0, 0.05) is 30.3 Å². The van der Waals surface area contributed by atoms with Gasteiger partial charge in [0.05, 0.1) is 23.1 Å². The summed E-state index contributed by atoms with van der Waals surface area (Å²) in [6.45, 7) is 1.74. The standard InChI is InChI=1S/C26H23F3N6O/c1-14-30-25(32-35(14)19-8-6-16(27)7-9-19)26(36)34-20-4-3-5-22(34)23-21(13-20)24(33(2)31-23)15-10-17(28)12-18(29)11-15/h6-12,20,22H,3-5,13H2,1-2H3. The van der Waals surface area contributed by atoms with Gasteiger partial charge < -0.3 is 4.90 Å². The lowest BCUT2D eigenvalue weighted by molar-refractivity contribution is 0.0379. The highest BCUT2D eigenvalue weighted by molar-refractivity contribution is 5.91. The summed E-state index contributed by atoms with van der Waals surface area (Å²) in [5.41, 5.74) is 3.37. The van der Waals surface area contributed by atoms with E-state index in [0.29, 0.717) is 29.2 Å². The van der Waals surface area contributed by atoms with Crippen molar-refractivity contribution in [3.05, 3.63) is 82.8 Å². The second kappa shape index (κ2) is 8.32. The molecule has 2 unspecified atom stereocenters. The van der Waals surface area contributed by atoms with E-state index >= 15 is 0 Å². The molecule has 0 spiro atoms. The number of benzene rings is 2. The maximum Gasteiger partial charge on any atom is 0.294 e. The van der Waals surface area contributed by atoms with Crippen LogP contribution in [0.25, 0.3) is 16.9 Å². The van der Waals surface area contributed by atoms with Gasteiger partial charge in [-0.3, -0.25) is 9.48 Å². The van der Waals surface area contributed by atoms with Crippen LogP contribution in [0.3, 0.4) is 0 Å². The van der Waals surface area contributed by atoms with Crippen LogP contribution in [0.5, 0.6) is 0 Å². The van der Waals surface area contributed by atoms with Crippen LogP contribution in [-0.4, -0.2) is 41.4 Å². The second-order valence-electron chi connectivity index (χ2n) is 9.38. The van der Waals surface area contributed by atoms with Gasteiger partial charge in [-0.05, 0) is 69.0 Å². The van der Waals surface area contributed by atoms with E-state index in [2.05, 4.69) is 10.1 Å². The van der Waals surface area contributed by atoms with Crippen LogP contribution >= 0.6 is 0 Å². The molecule has 2 aromatic carbocycles. The van der Waals surface area contributed by atoms with Crippen molar-refractivity contribution < 1.29 is 18.0 Å². The first-order valence-electron chi connectivity index (χ1n) is 11.8. The third kappa shape index (κ3) is 3.59. The van der Waals surface area contributed by atoms with E-state index in [1.807, 2.05) is 4.90 Å². The van der Waals surface area contributed by atoms with Gasteiger partial charge in [0.15, 0.2) is 0 Å². The molecule has 1 saturated heterocycles. The third-order valence-electron chi connectivity index (χ3n) is 7.08. The summed E-state index contributed by atoms with van der Waals surface area (Å²) in [5, 5.41) is 9.15. The number of fused-ring (bicyclic) bond motifs is 4. The number of halogens is 3. The lowest BCUT2D eigenvalue weighted by Crippen LogP contribution is -2.50. The van der Waals surface area contributed by atoms with Gasteiger partial charge in [-0.1, -0.05) is 0 Å². The SMILES string of the molecule is Cc1nc(C(=O)N2C3CCCC2c2nn(C)c(-c4cc(F)cc(F)c4)c2C3)nn1-c1ccc(F)cc1. The Bertz CT molecular complexity index is 1470. The van der Waals surface area contributed by atoms with Crippen LogP contribution in [0.4, 0.5) is 13.2 Å². The fourth-order valence-corrected chi connectivity index (χ4v) is 5.62. The number of aromatic nitrogens is 5. The van der Waals surface area contributed by atoms with Crippen molar-refractivity contribution in [1.82, 2.24) is 29.4 Å². The molecule has 4 heterocycles. The van der Waals surface area contributed by atoms with E-state index in [0.717, 1.165) is 36.6 Å². The molecule has 0 aliphatic carbocycles. The number of nitrogens with zero attached hydrogens (tertiary/aromatic N) is 6. The van der Waals surface area contributed by atoms with Crippen molar-refractivity contribution in [2.24, 2.45) is 7.05 Å². The van der Waals surface area contributed by atoms with Crippen molar-refractivity contribution in [2.45, 2.75) is 44.7 Å². The number of rotatable bonds is 3. The number of carbonyl (C=O) groups is 1. The maximum absolute atomic E-state index is 14.0. The quantitative estimate of drug-likeness (QED) is 0.416. The Morgan fingerprint density at radius 1 is 0.972 bits per heavy atom. The molecule has 6 rings (SSSR count). The molecule has 0 radical (unpaired) electrons. The number of aryl methyl sites for hydroxylation is 2. The van der Waals surface area contributed by atoms with Gasteiger partial charge in [0.1, 0.15) is 23.3 Å². The summed E-state index contributed by atoms with van der Waals surface area (Å²) in [6, 6.07) is 8.90. The fourth-order valence-electron chi connectivity index (χ4n) is 5.62. The largest absolute Gasteiger partial charge is 0.324 e. The van der Waals surface area contributed by atoms with Gasteiger partial charge >= 0.3 is 0 Å². The van der Waals surface area contributed by atoms with Crippen LogP contribution in [0, 0.1) is 24.4 Å². The first kappa shape index (κ1) is 22.5. The van der Waals surface area contributed by atoms with Crippen molar-refractivity contribution >= 4 is 5.91 Å². The first-order valence-corrected chi connectivity index (χ1v) is 11.8. The normalized spacial score (nSPS) is 18.9. The molecule has 2 aliphatic heterocycles. The van der Waals surface area contributed by atoms with Gasteiger partial charge in [-0.15, -0.1) is 5.10 Å². The predicted octanol–water partition coefficient (Wildman–Crippen LogP) is 4.69. The minimum atomic E-state index is -0.647. The molecule has 2 aromatic heterocycles. The summed E-state index contributed by atoms with van der Waals surface area (Å²) >= 11 is 0. The number of hydrogen-bond acceptors (Lipinski definition) is 4. The summed E-state index contributed by atoms with van der Waals surface area (Å²) in [4.78, 5) is 20.0. The van der Waals surface area contributed by atoms with Gasteiger partial charge in [-0.25, -0.2) is 22.8 Å². The number of amides is 1.